The van der Waals surface area contributed by atoms with Crippen LogP contribution < -0.4 is 0 Å². The van der Waals surface area contributed by atoms with Gasteiger partial charge in [-0.05, 0) is 29.0 Å². The van der Waals surface area contributed by atoms with Gasteiger partial charge in [-0.1, -0.05) is 24.3 Å². The SMILES string of the molecule is O=C(Cc1cccs1)N1CCn2c(cc3ccccc32)C1. The number of carbonyl (C=O) groups excluding carboxylic acids is 1. The molecule has 0 bridgehead atoms. The number of thiophene rings is 1. The van der Waals surface area contributed by atoms with Gasteiger partial charge < -0.3 is 9.47 Å². The molecule has 0 unspecified atom stereocenters. The van der Waals surface area contributed by atoms with Gasteiger partial charge in [0.05, 0.1) is 13.0 Å². The number of fused-ring (bicyclic) bond motifs is 3. The van der Waals surface area contributed by atoms with Gasteiger partial charge in [0.1, 0.15) is 0 Å². The fraction of sp³-hybridized carbons (Fsp3) is 0.235. The van der Waals surface area contributed by atoms with Gasteiger partial charge in [-0.2, -0.15) is 0 Å². The largest absolute Gasteiger partial charge is 0.341 e. The van der Waals surface area contributed by atoms with Crippen molar-refractivity contribution < 1.29 is 4.79 Å². The molecule has 0 atom stereocenters. The van der Waals surface area contributed by atoms with E-state index in [-0.39, 0.29) is 5.91 Å². The normalized spacial score (nSPS) is 14.4. The highest BCUT2D eigenvalue weighted by Crippen LogP contribution is 2.24. The van der Waals surface area contributed by atoms with Gasteiger partial charge in [-0.15, -0.1) is 11.3 Å². The molecular formula is C17H16N2OS. The summed E-state index contributed by atoms with van der Waals surface area (Å²) in [5.41, 5.74) is 2.51. The van der Waals surface area contributed by atoms with Crippen molar-refractivity contribution in [2.75, 3.05) is 6.54 Å². The van der Waals surface area contributed by atoms with E-state index in [0.717, 1.165) is 24.5 Å². The van der Waals surface area contributed by atoms with Gasteiger partial charge in [0.25, 0.3) is 0 Å². The molecule has 4 heteroatoms. The third-order valence-corrected chi connectivity index (χ3v) is 4.98. The maximum absolute atomic E-state index is 12.4. The van der Waals surface area contributed by atoms with E-state index in [1.165, 1.54) is 16.6 Å². The summed E-state index contributed by atoms with van der Waals surface area (Å²) in [6.07, 6.45) is 0.526. The zero-order valence-corrected chi connectivity index (χ0v) is 12.5. The van der Waals surface area contributed by atoms with E-state index in [4.69, 9.17) is 0 Å². The van der Waals surface area contributed by atoms with E-state index >= 15 is 0 Å². The molecule has 1 aromatic carbocycles. The Morgan fingerprint density at radius 3 is 2.90 bits per heavy atom. The van der Waals surface area contributed by atoms with Crippen molar-refractivity contribution in [2.24, 2.45) is 0 Å². The van der Waals surface area contributed by atoms with Gasteiger partial charge in [0, 0.05) is 29.2 Å². The number of carbonyl (C=O) groups is 1. The summed E-state index contributed by atoms with van der Waals surface area (Å²) in [6, 6.07) is 14.7. The Labute approximate surface area is 127 Å². The quantitative estimate of drug-likeness (QED) is 0.712. The lowest BCUT2D eigenvalue weighted by Gasteiger charge is -2.29. The first kappa shape index (κ1) is 12.7. The van der Waals surface area contributed by atoms with Gasteiger partial charge in [-0.3, -0.25) is 4.79 Å². The number of aromatic nitrogens is 1. The van der Waals surface area contributed by atoms with Crippen molar-refractivity contribution >= 4 is 28.1 Å². The molecule has 1 amide bonds. The van der Waals surface area contributed by atoms with Gasteiger partial charge in [0.2, 0.25) is 5.91 Å². The number of hydrogen-bond acceptors (Lipinski definition) is 2. The highest BCUT2D eigenvalue weighted by Gasteiger charge is 2.22. The van der Waals surface area contributed by atoms with E-state index < -0.39 is 0 Å². The summed E-state index contributed by atoms with van der Waals surface area (Å²) in [4.78, 5) is 15.5. The standard InChI is InChI=1S/C17H16N2OS/c20-17(11-15-5-3-9-21-15)18-7-8-19-14(12-18)10-13-4-1-2-6-16(13)19/h1-6,9-10H,7-8,11-12H2. The summed E-state index contributed by atoms with van der Waals surface area (Å²) in [5, 5.41) is 3.29. The third-order valence-electron chi connectivity index (χ3n) is 4.10. The average Bonchev–Trinajstić information content (AvgIpc) is 3.13. The molecule has 2 aromatic heterocycles. The second-order valence-corrected chi connectivity index (χ2v) is 6.45. The zero-order chi connectivity index (χ0) is 14.2. The van der Waals surface area contributed by atoms with Gasteiger partial charge in [-0.25, -0.2) is 0 Å². The number of hydrogen-bond donors (Lipinski definition) is 0. The molecule has 0 aliphatic carbocycles. The Morgan fingerprint density at radius 1 is 1.14 bits per heavy atom. The Bertz CT molecular complexity index is 788. The summed E-state index contributed by atoms with van der Waals surface area (Å²) < 4.78 is 2.34. The number of rotatable bonds is 2. The Morgan fingerprint density at radius 2 is 2.05 bits per heavy atom. The average molecular weight is 296 g/mol. The fourth-order valence-corrected chi connectivity index (χ4v) is 3.74. The Hall–Kier alpha value is -2.07. The van der Waals surface area contributed by atoms with Crippen molar-refractivity contribution in [1.82, 2.24) is 9.47 Å². The predicted molar refractivity (Wildman–Crippen MR) is 85.4 cm³/mol. The van der Waals surface area contributed by atoms with Crippen LogP contribution in [0.1, 0.15) is 10.6 Å². The summed E-state index contributed by atoms with van der Waals surface area (Å²) in [7, 11) is 0. The zero-order valence-electron chi connectivity index (χ0n) is 11.7. The van der Waals surface area contributed by atoms with Crippen LogP contribution in [0, 0.1) is 0 Å². The minimum absolute atomic E-state index is 0.231. The number of amides is 1. The summed E-state index contributed by atoms with van der Waals surface area (Å²) in [5.74, 6) is 0.231. The maximum atomic E-state index is 12.4. The second-order valence-electron chi connectivity index (χ2n) is 5.42. The van der Waals surface area contributed by atoms with E-state index in [9.17, 15) is 4.79 Å². The molecule has 0 spiro atoms. The minimum atomic E-state index is 0.231. The molecular weight excluding hydrogens is 280 g/mol. The van der Waals surface area contributed by atoms with Crippen LogP contribution in [-0.2, 0) is 24.3 Å². The van der Waals surface area contributed by atoms with Crippen molar-refractivity contribution in [2.45, 2.75) is 19.5 Å². The molecule has 3 heterocycles. The summed E-state index contributed by atoms with van der Waals surface area (Å²) in [6.45, 7) is 2.41. The van der Waals surface area contributed by atoms with Gasteiger partial charge in [0.15, 0.2) is 0 Å². The van der Waals surface area contributed by atoms with Crippen LogP contribution >= 0.6 is 11.3 Å². The topological polar surface area (TPSA) is 25.2 Å². The molecule has 0 saturated heterocycles. The van der Waals surface area contributed by atoms with Crippen LogP contribution in [0.25, 0.3) is 10.9 Å². The first-order chi connectivity index (χ1) is 10.3. The molecule has 21 heavy (non-hydrogen) atoms. The van der Waals surface area contributed by atoms with Gasteiger partial charge >= 0.3 is 0 Å². The first-order valence-electron chi connectivity index (χ1n) is 7.18. The fourth-order valence-electron chi connectivity index (χ4n) is 3.04. The molecule has 0 saturated carbocycles. The predicted octanol–water partition coefficient (Wildman–Crippen LogP) is 3.29. The van der Waals surface area contributed by atoms with E-state index in [1.807, 2.05) is 22.4 Å². The minimum Gasteiger partial charge on any atom is -0.341 e. The van der Waals surface area contributed by atoms with E-state index in [1.54, 1.807) is 11.3 Å². The maximum Gasteiger partial charge on any atom is 0.228 e. The molecule has 106 valence electrons. The van der Waals surface area contributed by atoms with Crippen LogP contribution in [-0.4, -0.2) is 21.9 Å². The molecule has 0 fully saturated rings. The third kappa shape index (κ3) is 2.25. The van der Waals surface area contributed by atoms with E-state index in [0.29, 0.717) is 6.42 Å². The summed E-state index contributed by atoms with van der Waals surface area (Å²) >= 11 is 1.65. The first-order valence-corrected chi connectivity index (χ1v) is 8.06. The lowest BCUT2D eigenvalue weighted by atomic mass is 10.2. The monoisotopic (exact) mass is 296 g/mol. The Kier molecular flexibility index (Phi) is 3.04. The van der Waals surface area contributed by atoms with Crippen molar-refractivity contribution in [1.29, 1.82) is 0 Å². The molecule has 1 aliphatic heterocycles. The van der Waals surface area contributed by atoms with Crippen LogP contribution in [0.2, 0.25) is 0 Å². The highest BCUT2D eigenvalue weighted by molar-refractivity contribution is 7.10. The molecule has 3 nitrogen and oxygen atoms in total. The van der Waals surface area contributed by atoms with Crippen LogP contribution in [0.4, 0.5) is 0 Å². The molecule has 0 radical (unpaired) electrons. The van der Waals surface area contributed by atoms with Crippen LogP contribution in [0.3, 0.4) is 0 Å². The van der Waals surface area contributed by atoms with E-state index in [2.05, 4.69) is 34.9 Å². The molecule has 0 N–H and O–H groups in total. The van der Waals surface area contributed by atoms with Crippen molar-refractivity contribution in [3.8, 4) is 0 Å². The number of nitrogens with zero attached hydrogens (tertiary/aromatic N) is 2. The molecule has 4 rings (SSSR count). The smallest absolute Gasteiger partial charge is 0.228 e. The highest BCUT2D eigenvalue weighted by atomic mass is 32.1. The lowest BCUT2D eigenvalue weighted by molar-refractivity contribution is -0.131. The van der Waals surface area contributed by atoms with Crippen molar-refractivity contribution in [3.05, 3.63) is 58.4 Å². The van der Waals surface area contributed by atoms with Crippen molar-refractivity contribution in [3.63, 3.8) is 0 Å². The second kappa shape index (κ2) is 5.04. The van der Waals surface area contributed by atoms with Crippen LogP contribution in [0.5, 0.6) is 0 Å². The lowest BCUT2D eigenvalue weighted by Crippen LogP contribution is -2.38. The van der Waals surface area contributed by atoms with Crippen LogP contribution in [0.15, 0.2) is 47.8 Å². The molecule has 3 aromatic rings. The number of benzene rings is 1. The Balaban J connectivity index is 1.57. The number of para-hydroxylation sites is 1. The molecule has 1 aliphatic rings.